The molecule has 0 rings (SSSR count). The molecule has 0 aliphatic rings. The predicted molar refractivity (Wildman–Crippen MR) is 73.6 cm³/mol. The number of carbonyl (C=O) groups is 2. The number of carboxylic acid groups (broad SMARTS) is 1. The summed E-state index contributed by atoms with van der Waals surface area (Å²) in [5.74, 6) is -0.767. The Morgan fingerprint density at radius 2 is 1.83 bits per heavy atom. The summed E-state index contributed by atoms with van der Waals surface area (Å²) in [4.78, 5) is 21.9. The third kappa shape index (κ3) is 10.1. The molecular formula is C13H28N2O3. The highest BCUT2D eigenvalue weighted by Crippen LogP contribution is 2.02. The van der Waals surface area contributed by atoms with Crippen molar-refractivity contribution in [2.24, 2.45) is 0 Å². The summed E-state index contributed by atoms with van der Waals surface area (Å²) in [5, 5.41) is 14.7. The minimum absolute atomic E-state index is 0. The van der Waals surface area contributed by atoms with E-state index in [1.165, 1.54) is 0 Å². The van der Waals surface area contributed by atoms with Crippen LogP contribution in [-0.2, 0) is 9.59 Å². The van der Waals surface area contributed by atoms with E-state index in [9.17, 15) is 9.59 Å². The van der Waals surface area contributed by atoms with Gasteiger partial charge in [0.2, 0.25) is 5.91 Å². The lowest BCUT2D eigenvalue weighted by atomic mass is 10.1. The number of amides is 1. The number of rotatable bonds is 9. The fourth-order valence-corrected chi connectivity index (χ4v) is 1.51. The van der Waals surface area contributed by atoms with Gasteiger partial charge in [0.1, 0.15) is 6.04 Å². The van der Waals surface area contributed by atoms with Crippen molar-refractivity contribution in [3.05, 3.63) is 0 Å². The molecule has 1 atom stereocenters. The van der Waals surface area contributed by atoms with Gasteiger partial charge in [0, 0.05) is 19.0 Å². The van der Waals surface area contributed by atoms with Crippen LogP contribution in [0.5, 0.6) is 0 Å². The van der Waals surface area contributed by atoms with Crippen LogP contribution in [0.25, 0.3) is 0 Å². The average Bonchev–Trinajstić information content (AvgIpc) is 2.25. The van der Waals surface area contributed by atoms with Gasteiger partial charge in [-0.25, -0.2) is 0 Å². The molecular weight excluding hydrogens is 232 g/mol. The molecule has 1 unspecified atom stereocenters. The van der Waals surface area contributed by atoms with E-state index in [-0.39, 0.29) is 19.4 Å². The van der Waals surface area contributed by atoms with E-state index in [4.69, 9.17) is 5.11 Å². The lowest BCUT2D eigenvalue weighted by Crippen LogP contribution is -2.40. The topological polar surface area (TPSA) is 78.4 Å². The second-order valence-electron chi connectivity index (χ2n) is 4.41. The van der Waals surface area contributed by atoms with Crippen LogP contribution in [0.3, 0.4) is 0 Å². The fourth-order valence-electron chi connectivity index (χ4n) is 1.51. The predicted octanol–water partition coefficient (Wildman–Crippen LogP) is 1.77. The van der Waals surface area contributed by atoms with Crippen LogP contribution < -0.4 is 10.6 Å². The molecule has 108 valence electrons. The van der Waals surface area contributed by atoms with Crippen molar-refractivity contribution in [1.29, 1.82) is 0 Å². The maximum atomic E-state index is 10.9. The molecule has 0 radical (unpaired) electrons. The summed E-state index contributed by atoms with van der Waals surface area (Å²) in [6.07, 6.45) is 2.69. The lowest BCUT2D eigenvalue weighted by molar-refractivity contribution is -0.139. The van der Waals surface area contributed by atoms with Gasteiger partial charge in [0.05, 0.1) is 0 Å². The van der Waals surface area contributed by atoms with Crippen LogP contribution in [0.15, 0.2) is 0 Å². The maximum Gasteiger partial charge on any atom is 0.320 e. The van der Waals surface area contributed by atoms with Crippen molar-refractivity contribution in [1.82, 2.24) is 10.6 Å². The van der Waals surface area contributed by atoms with Crippen molar-refractivity contribution in [2.45, 2.75) is 66.0 Å². The summed E-state index contributed by atoms with van der Waals surface area (Å²) in [6, 6.07) is -0.326. The molecule has 0 aromatic carbocycles. The summed E-state index contributed by atoms with van der Waals surface area (Å²) in [5.41, 5.74) is 0. The van der Waals surface area contributed by atoms with Gasteiger partial charge in [-0.3, -0.25) is 9.59 Å². The lowest BCUT2D eigenvalue weighted by Gasteiger charge is -2.17. The first-order valence-electron chi connectivity index (χ1n) is 6.23. The minimum atomic E-state index is -0.809. The average molecular weight is 260 g/mol. The van der Waals surface area contributed by atoms with E-state index in [0.717, 1.165) is 12.8 Å². The van der Waals surface area contributed by atoms with E-state index in [0.29, 0.717) is 19.4 Å². The Bertz CT molecular complexity index is 242. The van der Waals surface area contributed by atoms with Crippen LogP contribution in [0.2, 0.25) is 0 Å². The van der Waals surface area contributed by atoms with Gasteiger partial charge in [-0.2, -0.15) is 0 Å². The summed E-state index contributed by atoms with van der Waals surface area (Å²) in [7, 11) is 0. The molecule has 0 aromatic rings. The zero-order valence-electron chi connectivity index (χ0n) is 11.0. The first-order valence-corrected chi connectivity index (χ1v) is 6.23. The molecule has 0 saturated carbocycles. The molecule has 5 nitrogen and oxygen atoms in total. The zero-order chi connectivity index (χ0) is 13.3. The smallest absolute Gasteiger partial charge is 0.320 e. The highest BCUT2D eigenvalue weighted by atomic mass is 16.4. The highest BCUT2D eigenvalue weighted by molar-refractivity contribution is 5.75. The molecule has 0 fully saturated rings. The van der Waals surface area contributed by atoms with Crippen LogP contribution in [0, 0.1) is 0 Å². The van der Waals surface area contributed by atoms with E-state index >= 15 is 0 Å². The zero-order valence-corrected chi connectivity index (χ0v) is 11.0. The number of hydrogen-bond acceptors (Lipinski definition) is 3. The van der Waals surface area contributed by atoms with Gasteiger partial charge < -0.3 is 15.7 Å². The number of unbranched alkanes of at least 4 members (excludes halogenated alkanes) is 1. The van der Waals surface area contributed by atoms with Crippen molar-refractivity contribution in [3.63, 3.8) is 0 Å². The first kappa shape index (κ1) is 19.2. The van der Waals surface area contributed by atoms with Gasteiger partial charge in [-0.05, 0) is 19.3 Å². The van der Waals surface area contributed by atoms with E-state index in [2.05, 4.69) is 10.6 Å². The van der Waals surface area contributed by atoms with Crippen molar-refractivity contribution in [3.8, 4) is 0 Å². The molecule has 5 heteroatoms. The summed E-state index contributed by atoms with van der Waals surface area (Å²) >= 11 is 0. The molecule has 18 heavy (non-hydrogen) atoms. The molecule has 0 aliphatic carbocycles. The fraction of sp³-hybridized carbons (Fsp3) is 0.846. The van der Waals surface area contributed by atoms with Gasteiger partial charge in [-0.15, -0.1) is 0 Å². The molecule has 0 heterocycles. The van der Waals surface area contributed by atoms with Crippen LogP contribution in [-0.4, -0.2) is 35.6 Å². The SMILES string of the molecule is C.CCC(=O)NCCCCC(NC(C)C)C(=O)O. The van der Waals surface area contributed by atoms with Crippen molar-refractivity contribution in [2.75, 3.05) is 6.54 Å². The third-order valence-corrected chi connectivity index (χ3v) is 2.40. The van der Waals surface area contributed by atoms with Gasteiger partial charge in [0.15, 0.2) is 0 Å². The van der Waals surface area contributed by atoms with Crippen LogP contribution in [0.1, 0.15) is 53.9 Å². The number of hydrogen-bond donors (Lipinski definition) is 3. The molecule has 3 N–H and O–H groups in total. The number of carbonyl (C=O) groups excluding carboxylic acids is 1. The summed E-state index contributed by atoms with van der Waals surface area (Å²) in [6.45, 7) is 6.29. The Kier molecular flexibility index (Phi) is 11.8. The van der Waals surface area contributed by atoms with Crippen molar-refractivity contribution >= 4 is 11.9 Å². The van der Waals surface area contributed by atoms with Gasteiger partial charge in [0.25, 0.3) is 0 Å². The van der Waals surface area contributed by atoms with E-state index < -0.39 is 12.0 Å². The molecule has 1 amide bonds. The Morgan fingerprint density at radius 3 is 2.28 bits per heavy atom. The maximum absolute atomic E-state index is 10.9. The Hall–Kier alpha value is -1.10. The molecule has 0 aromatic heterocycles. The number of nitrogens with one attached hydrogen (secondary N) is 2. The normalized spacial score (nSPS) is 11.8. The monoisotopic (exact) mass is 260 g/mol. The second kappa shape index (κ2) is 11.0. The highest BCUT2D eigenvalue weighted by Gasteiger charge is 2.16. The summed E-state index contributed by atoms with van der Waals surface area (Å²) < 4.78 is 0. The number of aliphatic carboxylic acids is 1. The van der Waals surface area contributed by atoms with E-state index in [1.807, 2.05) is 20.8 Å². The molecule has 0 spiro atoms. The quantitative estimate of drug-likeness (QED) is 0.552. The van der Waals surface area contributed by atoms with E-state index in [1.54, 1.807) is 0 Å². The Morgan fingerprint density at radius 1 is 1.22 bits per heavy atom. The van der Waals surface area contributed by atoms with Crippen LogP contribution in [0.4, 0.5) is 0 Å². The number of carboxylic acids is 1. The Labute approximate surface area is 110 Å². The van der Waals surface area contributed by atoms with Gasteiger partial charge >= 0.3 is 5.97 Å². The Balaban J connectivity index is 0. The largest absolute Gasteiger partial charge is 0.480 e. The molecule has 0 saturated heterocycles. The second-order valence-corrected chi connectivity index (χ2v) is 4.41. The minimum Gasteiger partial charge on any atom is -0.480 e. The van der Waals surface area contributed by atoms with Gasteiger partial charge in [-0.1, -0.05) is 28.2 Å². The standard InChI is InChI=1S/C12H24N2O3.CH4/c1-4-11(15)13-8-6-5-7-10(12(16)17)14-9(2)3;/h9-10,14H,4-8H2,1-3H3,(H,13,15)(H,16,17);1H4. The van der Waals surface area contributed by atoms with Crippen molar-refractivity contribution < 1.29 is 14.7 Å². The van der Waals surface area contributed by atoms with Crippen LogP contribution >= 0.6 is 0 Å². The third-order valence-electron chi connectivity index (χ3n) is 2.40. The molecule has 0 bridgehead atoms. The molecule has 0 aliphatic heterocycles. The first-order chi connectivity index (χ1) is 7.97.